The largest absolute Gasteiger partial charge is 1.00 e. The molecule has 9 aromatic rings. The summed E-state index contributed by atoms with van der Waals surface area (Å²) in [6.45, 7) is 4.72. The van der Waals surface area contributed by atoms with Crippen molar-refractivity contribution in [2.75, 3.05) is 121 Å². The first-order valence-electron chi connectivity index (χ1n) is 32.5. The van der Waals surface area contributed by atoms with Gasteiger partial charge in [0.1, 0.15) is 47.5 Å². The molecule has 0 amide bonds. The van der Waals surface area contributed by atoms with Gasteiger partial charge in [-0.1, -0.05) is 57.3 Å². The van der Waals surface area contributed by atoms with Crippen LogP contribution in [0.25, 0.3) is 65.8 Å². The summed E-state index contributed by atoms with van der Waals surface area (Å²) in [4.78, 5) is 96.5. The number of aliphatic carboxylic acids is 1. The predicted molar refractivity (Wildman–Crippen MR) is 414 cm³/mol. The van der Waals surface area contributed by atoms with Gasteiger partial charge in [0.2, 0.25) is 0 Å². The van der Waals surface area contributed by atoms with Crippen LogP contribution in [0.2, 0.25) is 15.1 Å². The number of alkyl halides is 1. The summed E-state index contributed by atoms with van der Waals surface area (Å²) in [6.07, 6.45) is 13.6. The molecule has 6 heterocycles. The summed E-state index contributed by atoms with van der Waals surface area (Å²) in [5.74, 6) is 0.627. The standard InChI is InChI=1S/C23H26ClN3O5S.C23H25ClN3O4S.C22H24ClN3O4S.C3H7BrO.2Na.2H2O/c1-31-9-8-26(13-10-14(11-13)32-2)18-7-5-16-21(30)15-4-6-17(24)22(33-3)20(15)27(12-19(28)29)23(16)25-18;1-30-11-9-26(14-12-15(13-14)31-2)19-7-5-17-21(29)16-4-6-18(24)22(32-3)20(16)27(8-10-28)23(17)25-19;1-4-30-18(27)11-26-19-14(5-7-16(23)21(19)31-3)20(28)15-6-8-17(25-22(15)26)24-12-9-13(10-12)29-2;1-5-3-2-4;;;;/h4-7,13-14H,8-12H2,1-3H3,(H,28,29);4-7,14-15H,8-9,11-13H2,1-3H3;5-8,12-13H,4,9-11H2,1-3H3,(H,24,25);2-3H2,1H3;;;2*1H2/q;-1;;;2*+1;;/p-2. The Balaban J connectivity index is 0.000000269. The van der Waals surface area contributed by atoms with Crippen molar-refractivity contribution in [2.24, 2.45) is 0 Å². The maximum atomic E-state index is 13.3. The van der Waals surface area contributed by atoms with E-state index in [0.29, 0.717) is 124 Å². The quantitative estimate of drug-likeness (QED) is 0.0147. The number of benzene rings is 3. The molecule has 105 heavy (non-hydrogen) atoms. The van der Waals surface area contributed by atoms with E-state index in [1.54, 1.807) is 124 Å². The number of halogens is 4. The van der Waals surface area contributed by atoms with Gasteiger partial charge in [-0.3, -0.25) is 24.0 Å². The van der Waals surface area contributed by atoms with Crippen LogP contribution in [-0.2, 0) is 67.2 Å². The number of methoxy groups -OCH3 is 6. The van der Waals surface area contributed by atoms with E-state index in [4.69, 9.17) is 78.2 Å². The maximum Gasteiger partial charge on any atom is 1.00 e. The van der Waals surface area contributed by atoms with Crippen LogP contribution >= 0.6 is 86.0 Å². The number of anilines is 3. The molecule has 0 aliphatic heterocycles. The molecule has 0 atom stereocenters. The molecule has 3 aromatic carbocycles. The van der Waals surface area contributed by atoms with Gasteiger partial charge in [0.25, 0.3) is 0 Å². The average molecular weight is 1650 g/mol. The number of hydrogen-bond acceptors (Lipinski definition) is 24. The molecule has 6 aromatic heterocycles. The molecule has 25 nitrogen and oxygen atoms in total. The number of aromatic nitrogens is 6. The van der Waals surface area contributed by atoms with Crippen molar-refractivity contribution < 1.29 is 123 Å². The fourth-order valence-corrected chi connectivity index (χ4v) is 16.2. The van der Waals surface area contributed by atoms with Gasteiger partial charge in [-0.25, -0.2) is 21.2 Å². The molecule has 558 valence electrons. The number of nitrogens with zero attached hydrogens (tertiary/aromatic N) is 8. The number of ether oxygens (including phenoxy) is 7. The number of carboxylic acids is 1. The van der Waals surface area contributed by atoms with Crippen LogP contribution in [-0.4, -0.2) is 206 Å². The topological polar surface area (TPSA) is 319 Å². The van der Waals surface area contributed by atoms with Crippen molar-refractivity contribution in [2.45, 2.75) is 116 Å². The van der Waals surface area contributed by atoms with Gasteiger partial charge in [0, 0.05) is 95.4 Å². The molecule has 0 bridgehead atoms. The third-order valence-electron chi connectivity index (χ3n) is 18.0. The van der Waals surface area contributed by atoms with E-state index < -0.39 is 11.9 Å². The number of fused-ring (bicyclic) bond motifs is 6. The van der Waals surface area contributed by atoms with Gasteiger partial charge < -0.3 is 82.8 Å². The molecule has 0 radical (unpaired) electrons. The zero-order chi connectivity index (χ0) is 72.8. The maximum absolute atomic E-state index is 13.3. The van der Waals surface area contributed by atoms with Gasteiger partial charge in [0.15, 0.2) is 16.3 Å². The van der Waals surface area contributed by atoms with Gasteiger partial charge in [0.05, 0.1) is 107 Å². The van der Waals surface area contributed by atoms with E-state index in [2.05, 4.69) is 35.8 Å². The fourth-order valence-electron chi connectivity index (χ4n) is 12.7. The Morgan fingerprint density at radius 3 is 1.30 bits per heavy atom. The number of nitrogens with one attached hydrogen (secondary N) is 1. The van der Waals surface area contributed by atoms with Gasteiger partial charge in [-0.05, 0) is 137 Å². The summed E-state index contributed by atoms with van der Waals surface area (Å²) >= 11 is 26.7. The third kappa shape index (κ3) is 20.8. The number of pyridine rings is 6. The van der Waals surface area contributed by atoms with Crippen molar-refractivity contribution in [3.05, 3.63) is 119 Å². The Labute approximate surface area is 688 Å². The molecule has 12 rings (SSSR count). The zero-order valence-electron chi connectivity index (χ0n) is 60.7. The molecule has 3 aliphatic rings. The van der Waals surface area contributed by atoms with E-state index in [9.17, 15) is 33.9 Å². The van der Waals surface area contributed by atoms with Crippen LogP contribution in [0.3, 0.4) is 0 Å². The van der Waals surface area contributed by atoms with Crippen molar-refractivity contribution in [3.8, 4) is 0 Å². The minimum absolute atomic E-state index is 0. The van der Waals surface area contributed by atoms with Crippen LogP contribution in [0.1, 0.15) is 45.4 Å². The molecule has 4 N–H and O–H groups in total. The Morgan fingerprint density at radius 1 is 0.562 bits per heavy atom. The summed E-state index contributed by atoms with van der Waals surface area (Å²) in [7, 11) is 10.1. The Kier molecular flexibility index (Phi) is 37.6. The SMILES string of the molecule is CCOC(=O)Cn1c2nc(NC3CC(OC)C3)ccc2c(=O)c2ccc(Cl)c(SC)c21.COCCBr.COCCN(c1ccc2c(=O)c3ccc(Cl)c(SC)c3n(CC(=O)O)c2n1)C1CC(OC)C1.COCCN(c1ccc2c(=O)c3ccc(Cl)c(SC)c3n(C[C-]=O)c2n1)C1CC(OC)C1.[Na+].[Na+].[OH-].[OH-]. The summed E-state index contributed by atoms with van der Waals surface area (Å²) in [5.41, 5.74) is 2.44. The second kappa shape index (κ2) is 43.3. The van der Waals surface area contributed by atoms with Crippen LogP contribution in [0.4, 0.5) is 17.5 Å². The number of hydrogen-bond donors (Lipinski definition) is 2. The van der Waals surface area contributed by atoms with Gasteiger partial charge in [-0.2, -0.15) is 0 Å². The van der Waals surface area contributed by atoms with E-state index >= 15 is 0 Å². The molecule has 0 unspecified atom stereocenters. The van der Waals surface area contributed by atoms with Crippen molar-refractivity contribution in [1.82, 2.24) is 28.7 Å². The molecule has 3 saturated carbocycles. The van der Waals surface area contributed by atoms with E-state index in [1.165, 1.54) is 35.3 Å². The van der Waals surface area contributed by atoms with Gasteiger partial charge in [-0.15, -0.1) is 35.3 Å². The Hall–Kier alpha value is -4.39. The second-order valence-electron chi connectivity index (χ2n) is 23.9. The second-order valence-corrected chi connectivity index (χ2v) is 28.3. The monoisotopic (exact) mass is 1640 g/mol. The van der Waals surface area contributed by atoms with Crippen molar-refractivity contribution >= 4 is 188 Å². The minimum atomic E-state index is -1.03. The number of thioether (sulfide) groups is 3. The molecular formula is C71H84BrCl3N9Na2O16S3-. The number of esters is 1. The first kappa shape index (κ1) is 91.2. The van der Waals surface area contributed by atoms with E-state index in [0.717, 1.165) is 66.1 Å². The first-order chi connectivity index (χ1) is 48.8. The molecule has 34 heteroatoms. The molecule has 3 aliphatic carbocycles. The normalized spacial score (nSPS) is 16.9. The van der Waals surface area contributed by atoms with Crippen molar-refractivity contribution in [3.63, 3.8) is 0 Å². The van der Waals surface area contributed by atoms with Crippen molar-refractivity contribution in [1.29, 1.82) is 0 Å². The van der Waals surface area contributed by atoms with Crippen LogP contribution in [0.5, 0.6) is 0 Å². The molecule has 0 saturated heterocycles. The Bertz CT molecular complexity index is 4670. The third-order valence-corrected chi connectivity index (χ3v) is 22.1. The molecule has 3 fully saturated rings. The number of carboxylic acid groups (broad SMARTS) is 1. The predicted octanol–water partition coefficient (Wildman–Crippen LogP) is 6.06. The summed E-state index contributed by atoms with van der Waals surface area (Å²) in [6, 6.07) is 21.7. The van der Waals surface area contributed by atoms with Crippen LogP contribution < -0.4 is 90.5 Å². The number of carbonyl (C=O) groups excluding carboxylic acids is 2. The zero-order valence-corrected chi connectivity index (χ0v) is 71.0. The van der Waals surface area contributed by atoms with Crippen LogP contribution in [0, 0.1) is 0 Å². The summed E-state index contributed by atoms with van der Waals surface area (Å²) < 4.78 is 41.7. The smallest absolute Gasteiger partial charge is 0.870 e. The van der Waals surface area contributed by atoms with Gasteiger partial charge >= 0.3 is 71.1 Å². The first-order valence-corrected chi connectivity index (χ1v) is 38.5. The molecule has 0 spiro atoms. The average Bonchev–Trinajstić information content (AvgIpc) is 0.750. The molecular weight excluding hydrogens is 1560 g/mol. The van der Waals surface area contributed by atoms with E-state index in [1.807, 2.05) is 37.2 Å². The Morgan fingerprint density at radius 2 is 0.933 bits per heavy atom. The van der Waals surface area contributed by atoms with E-state index in [-0.39, 0.29) is 149 Å². The number of carbonyl (C=O) groups is 2. The number of rotatable bonds is 27. The minimum Gasteiger partial charge on any atom is -0.870 e. The van der Waals surface area contributed by atoms with Crippen LogP contribution in [0.15, 0.2) is 102 Å². The summed E-state index contributed by atoms with van der Waals surface area (Å²) in [5, 5.41) is 18.2. The fraction of sp³-hybridized carbons (Fsp3) is 0.451.